The quantitative estimate of drug-likeness (QED) is 0.790. The minimum atomic E-state index is -1.43. The highest BCUT2D eigenvalue weighted by atomic mass is 16.4. The van der Waals surface area contributed by atoms with Crippen molar-refractivity contribution in [1.29, 1.82) is 0 Å². The molecule has 4 nitrogen and oxygen atoms in total. The molecule has 0 spiro atoms. The molecule has 1 aromatic rings. The fourth-order valence-electron chi connectivity index (χ4n) is 1.33. The maximum absolute atomic E-state index is 11.8. The normalized spacial score (nSPS) is 11.1. The molecule has 92 valence electrons. The van der Waals surface area contributed by atoms with Crippen LogP contribution in [0, 0.1) is 19.3 Å². The molecular weight excluding hydrogens is 218 g/mol. The van der Waals surface area contributed by atoms with Gasteiger partial charge < -0.3 is 10.4 Å². The molecule has 0 atom stereocenters. The third kappa shape index (κ3) is 2.84. The molecular formula is C13H17NO3. The SMILES string of the molecule is Cc1ccc(NC(=O)C(C)(C)C(=O)O)c(C)c1. The topological polar surface area (TPSA) is 66.4 Å². The van der Waals surface area contributed by atoms with E-state index in [0.717, 1.165) is 11.1 Å². The predicted octanol–water partition coefficient (Wildman–Crippen LogP) is 2.35. The number of hydrogen-bond acceptors (Lipinski definition) is 2. The van der Waals surface area contributed by atoms with Gasteiger partial charge in [0, 0.05) is 5.69 Å². The average Bonchev–Trinajstić information content (AvgIpc) is 2.21. The van der Waals surface area contributed by atoms with E-state index in [-0.39, 0.29) is 0 Å². The first-order chi connectivity index (χ1) is 7.75. The number of nitrogens with one attached hydrogen (secondary N) is 1. The number of aliphatic carboxylic acids is 1. The third-order valence-electron chi connectivity index (χ3n) is 2.73. The van der Waals surface area contributed by atoms with E-state index in [1.54, 1.807) is 6.07 Å². The number of rotatable bonds is 3. The standard InChI is InChI=1S/C13H17NO3/c1-8-5-6-10(9(2)7-8)14-11(15)13(3,4)12(16)17/h5-7H,1-4H3,(H,14,15)(H,16,17). The highest BCUT2D eigenvalue weighted by molar-refractivity contribution is 6.07. The number of carbonyl (C=O) groups excluding carboxylic acids is 1. The van der Waals surface area contributed by atoms with Gasteiger partial charge in [-0.15, -0.1) is 0 Å². The molecule has 0 saturated heterocycles. The number of carboxylic acids is 1. The Labute approximate surface area is 101 Å². The van der Waals surface area contributed by atoms with Crippen molar-refractivity contribution in [2.24, 2.45) is 5.41 Å². The molecule has 4 heteroatoms. The van der Waals surface area contributed by atoms with Gasteiger partial charge >= 0.3 is 5.97 Å². The first kappa shape index (κ1) is 13.2. The van der Waals surface area contributed by atoms with Crippen molar-refractivity contribution in [2.75, 3.05) is 5.32 Å². The van der Waals surface area contributed by atoms with Crippen molar-refractivity contribution in [3.05, 3.63) is 29.3 Å². The minimum absolute atomic E-state index is 0.517. The molecule has 0 aromatic heterocycles. The summed E-state index contributed by atoms with van der Waals surface area (Å²) in [6.45, 7) is 6.60. The zero-order valence-corrected chi connectivity index (χ0v) is 10.5. The number of aryl methyl sites for hydroxylation is 2. The van der Waals surface area contributed by atoms with Crippen molar-refractivity contribution in [3.63, 3.8) is 0 Å². The molecule has 1 rings (SSSR count). The van der Waals surface area contributed by atoms with E-state index >= 15 is 0 Å². The average molecular weight is 235 g/mol. The van der Waals surface area contributed by atoms with Gasteiger partial charge in [0.05, 0.1) is 0 Å². The summed E-state index contributed by atoms with van der Waals surface area (Å²) in [5.41, 5.74) is 1.23. The number of benzene rings is 1. The zero-order chi connectivity index (χ0) is 13.2. The Morgan fingerprint density at radius 1 is 1.24 bits per heavy atom. The monoisotopic (exact) mass is 235 g/mol. The van der Waals surface area contributed by atoms with Crippen LogP contribution in [-0.4, -0.2) is 17.0 Å². The van der Waals surface area contributed by atoms with Crippen LogP contribution in [-0.2, 0) is 9.59 Å². The van der Waals surface area contributed by atoms with Gasteiger partial charge in [-0.05, 0) is 39.3 Å². The lowest BCUT2D eigenvalue weighted by Gasteiger charge is -2.19. The summed E-state index contributed by atoms with van der Waals surface area (Å²) in [7, 11) is 0. The highest BCUT2D eigenvalue weighted by Crippen LogP contribution is 2.21. The van der Waals surface area contributed by atoms with Crippen LogP contribution in [0.5, 0.6) is 0 Å². The lowest BCUT2D eigenvalue weighted by atomic mass is 9.92. The van der Waals surface area contributed by atoms with Gasteiger partial charge in [0.15, 0.2) is 0 Å². The predicted molar refractivity (Wildman–Crippen MR) is 66.0 cm³/mol. The number of carbonyl (C=O) groups is 2. The Balaban J connectivity index is 2.92. The number of carboxylic acid groups (broad SMARTS) is 1. The molecule has 1 amide bonds. The molecule has 0 bridgehead atoms. The summed E-state index contributed by atoms with van der Waals surface area (Å²) < 4.78 is 0. The van der Waals surface area contributed by atoms with E-state index < -0.39 is 17.3 Å². The number of amides is 1. The maximum Gasteiger partial charge on any atom is 0.318 e. The van der Waals surface area contributed by atoms with E-state index in [1.807, 2.05) is 26.0 Å². The van der Waals surface area contributed by atoms with Gasteiger partial charge in [-0.2, -0.15) is 0 Å². The highest BCUT2D eigenvalue weighted by Gasteiger charge is 2.36. The van der Waals surface area contributed by atoms with Gasteiger partial charge in [0.1, 0.15) is 5.41 Å². The Morgan fingerprint density at radius 3 is 2.29 bits per heavy atom. The third-order valence-corrected chi connectivity index (χ3v) is 2.73. The van der Waals surface area contributed by atoms with Crippen LogP contribution >= 0.6 is 0 Å². The molecule has 0 radical (unpaired) electrons. The Bertz CT molecular complexity index is 464. The lowest BCUT2D eigenvalue weighted by Crippen LogP contribution is -2.38. The first-order valence-electron chi connectivity index (χ1n) is 5.37. The second kappa shape index (κ2) is 4.57. The van der Waals surface area contributed by atoms with E-state index in [9.17, 15) is 9.59 Å². The Kier molecular flexibility index (Phi) is 3.56. The summed E-state index contributed by atoms with van der Waals surface area (Å²) in [5.74, 6) is -1.66. The molecule has 1 aromatic carbocycles. The minimum Gasteiger partial charge on any atom is -0.480 e. The molecule has 0 saturated carbocycles. The summed E-state index contributed by atoms with van der Waals surface area (Å²) in [6.07, 6.45) is 0. The van der Waals surface area contributed by atoms with Crippen molar-refractivity contribution in [1.82, 2.24) is 0 Å². The second-order valence-electron chi connectivity index (χ2n) is 4.70. The van der Waals surface area contributed by atoms with Crippen LogP contribution in [0.1, 0.15) is 25.0 Å². The molecule has 0 aliphatic rings. The van der Waals surface area contributed by atoms with Crippen molar-refractivity contribution >= 4 is 17.6 Å². The van der Waals surface area contributed by atoms with Gasteiger partial charge in [-0.1, -0.05) is 17.7 Å². The van der Waals surface area contributed by atoms with Crippen LogP contribution in [0.3, 0.4) is 0 Å². The zero-order valence-electron chi connectivity index (χ0n) is 10.5. The van der Waals surface area contributed by atoms with E-state index in [4.69, 9.17) is 5.11 Å². The molecule has 0 fully saturated rings. The number of anilines is 1. The van der Waals surface area contributed by atoms with Gasteiger partial charge in [0.25, 0.3) is 0 Å². The van der Waals surface area contributed by atoms with Crippen LogP contribution in [0.2, 0.25) is 0 Å². The number of hydrogen-bond donors (Lipinski definition) is 2. The summed E-state index contributed by atoms with van der Waals surface area (Å²) >= 11 is 0. The fourth-order valence-corrected chi connectivity index (χ4v) is 1.33. The second-order valence-corrected chi connectivity index (χ2v) is 4.70. The molecule has 17 heavy (non-hydrogen) atoms. The Morgan fingerprint density at radius 2 is 1.82 bits per heavy atom. The fraction of sp³-hybridized carbons (Fsp3) is 0.385. The van der Waals surface area contributed by atoms with Crippen molar-refractivity contribution < 1.29 is 14.7 Å². The molecule has 0 unspecified atom stereocenters. The van der Waals surface area contributed by atoms with Gasteiger partial charge in [-0.3, -0.25) is 9.59 Å². The lowest BCUT2D eigenvalue weighted by molar-refractivity contribution is -0.151. The van der Waals surface area contributed by atoms with Crippen molar-refractivity contribution in [3.8, 4) is 0 Å². The summed E-state index contributed by atoms with van der Waals surface area (Å²) in [4.78, 5) is 22.8. The van der Waals surface area contributed by atoms with Crippen LogP contribution in [0.4, 0.5) is 5.69 Å². The van der Waals surface area contributed by atoms with Gasteiger partial charge in [0.2, 0.25) is 5.91 Å². The molecule has 0 heterocycles. The maximum atomic E-state index is 11.8. The van der Waals surface area contributed by atoms with Gasteiger partial charge in [-0.25, -0.2) is 0 Å². The van der Waals surface area contributed by atoms with E-state index in [1.165, 1.54) is 13.8 Å². The Hall–Kier alpha value is -1.84. The van der Waals surface area contributed by atoms with E-state index in [2.05, 4.69) is 5.32 Å². The first-order valence-corrected chi connectivity index (χ1v) is 5.37. The molecule has 0 aliphatic heterocycles. The molecule has 2 N–H and O–H groups in total. The van der Waals surface area contributed by atoms with Crippen molar-refractivity contribution in [2.45, 2.75) is 27.7 Å². The largest absolute Gasteiger partial charge is 0.480 e. The van der Waals surface area contributed by atoms with E-state index in [0.29, 0.717) is 5.69 Å². The smallest absolute Gasteiger partial charge is 0.318 e. The van der Waals surface area contributed by atoms with Crippen LogP contribution in [0.25, 0.3) is 0 Å². The van der Waals surface area contributed by atoms with Crippen LogP contribution in [0.15, 0.2) is 18.2 Å². The molecule has 0 aliphatic carbocycles. The van der Waals surface area contributed by atoms with Crippen LogP contribution < -0.4 is 5.32 Å². The summed E-state index contributed by atoms with van der Waals surface area (Å²) in [6, 6.07) is 5.58. The summed E-state index contributed by atoms with van der Waals surface area (Å²) in [5, 5.41) is 11.6.